The second kappa shape index (κ2) is 5.99. The molecule has 21 heavy (non-hydrogen) atoms. The van der Waals surface area contributed by atoms with Gasteiger partial charge in [0.25, 0.3) is 0 Å². The number of aliphatic hydroxyl groups excluding tert-OH is 1. The number of hydrogen-bond donors (Lipinski definition) is 2. The lowest BCUT2D eigenvalue weighted by Crippen LogP contribution is -2.55. The summed E-state index contributed by atoms with van der Waals surface area (Å²) >= 11 is 0. The van der Waals surface area contributed by atoms with Crippen LogP contribution in [0.2, 0.25) is 0 Å². The van der Waals surface area contributed by atoms with Crippen molar-refractivity contribution in [2.24, 2.45) is 0 Å². The minimum Gasteiger partial charge on any atom is -0.389 e. The van der Waals surface area contributed by atoms with Crippen molar-refractivity contribution in [3.8, 4) is 0 Å². The summed E-state index contributed by atoms with van der Waals surface area (Å²) in [6.45, 7) is 3.22. The summed E-state index contributed by atoms with van der Waals surface area (Å²) < 4.78 is 5.46. The molecule has 1 amide bonds. The fourth-order valence-electron chi connectivity index (χ4n) is 2.57. The van der Waals surface area contributed by atoms with Crippen LogP contribution in [-0.4, -0.2) is 47.8 Å². The lowest BCUT2D eigenvalue weighted by molar-refractivity contribution is -0.124. The Morgan fingerprint density at radius 2 is 2.38 bits per heavy atom. The van der Waals surface area contributed by atoms with Crippen LogP contribution in [-0.2, 0) is 9.53 Å². The second-order valence-electron chi connectivity index (χ2n) is 5.66. The van der Waals surface area contributed by atoms with Crippen molar-refractivity contribution in [1.29, 1.82) is 0 Å². The lowest BCUT2D eigenvalue weighted by atomic mass is 10.1. The zero-order valence-corrected chi connectivity index (χ0v) is 12.2. The topological polar surface area (TPSA) is 74.7 Å². The summed E-state index contributed by atoms with van der Waals surface area (Å²) in [6.07, 6.45) is 3.18. The SMILES string of the molecule is C[C@@H](O)c1cccnc1N1CCOCC1C(=O)NC1CC1. The van der Waals surface area contributed by atoms with Crippen molar-refractivity contribution in [3.63, 3.8) is 0 Å². The van der Waals surface area contributed by atoms with Crippen molar-refractivity contribution in [1.82, 2.24) is 10.3 Å². The van der Waals surface area contributed by atoms with E-state index >= 15 is 0 Å². The van der Waals surface area contributed by atoms with Gasteiger partial charge in [-0.15, -0.1) is 0 Å². The van der Waals surface area contributed by atoms with Gasteiger partial charge in [-0.05, 0) is 25.8 Å². The Hall–Kier alpha value is -1.66. The number of morpholine rings is 1. The summed E-state index contributed by atoms with van der Waals surface area (Å²) in [5.41, 5.74) is 0.739. The van der Waals surface area contributed by atoms with Crippen LogP contribution in [0.5, 0.6) is 0 Å². The second-order valence-corrected chi connectivity index (χ2v) is 5.66. The van der Waals surface area contributed by atoms with Gasteiger partial charge in [0.05, 0.1) is 19.3 Å². The Bertz CT molecular complexity index is 517. The summed E-state index contributed by atoms with van der Waals surface area (Å²) in [5.74, 6) is 0.658. The van der Waals surface area contributed by atoms with Crippen LogP contribution in [0.3, 0.4) is 0 Å². The maximum Gasteiger partial charge on any atom is 0.245 e. The maximum absolute atomic E-state index is 12.4. The van der Waals surface area contributed by atoms with Crippen molar-refractivity contribution < 1.29 is 14.6 Å². The highest BCUT2D eigenvalue weighted by Gasteiger charge is 2.34. The third-order valence-corrected chi connectivity index (χ3v) is 3.89. The average molecular weight is 291 g/mol. The van der Waals surface area contributed by atoms with E-state index in [0.717, 1.165) is 18.4 Å². The normalized spacial score (nSPS) is 23.7. The Morgan fingerprint density at radius 1 is 1.57 bits per heavy atom. The van der Waals surface area contributed by atoms with Crippen molar-refractivity contribution in [3.05, 3.63) is 23.9 Å². The van der Waals surface area contributed by atoms with E-state index in [-0.39, 0.29) is 11.9 Å². The van der Waals surface area contributed by atoms with Gasteiger partial charge in [0.2, 0.25) is 5.91 Å². The van der Waals surface area contributed by atoms with Gasteiger partial charge in [-0.2, -0.15) is 0 Å². The number of aliphatic hydroxyl groups is 1. The Morgan fingerprint density at radius 3 is 3.10 bits per heavy atom. The number of ether oxygens (including phenoxy) is 1. The Labute approximate surface area is 124 Å². The first-order valence-corrected chi connectivity index (χ1v) is 7.44. The molecule has 1 saturated carbocycles. The summed E-state index contributed by atoms with van der Waals surface area (Å²) in [5, 5.41) is 12.9. The molecule has 3 rings (SSSR count). The molecule has 0 aromatic carbocycles. The fraction of sp³-hybridized carbons (Fsp3) is 0.600. The van der Waals surface area contributed by atoms with E-state index in [1.807, 2.05) is 11.0 Å². The number of rotatable bonds is 4. The van der Waals surface area contributed by atoms with Crippen LogP contribution >= 0.6 is 0 Å². The number of carbonyl (C=O) groups is 1. The molecule has 2 atom stereocenters. The molecule has 6 heteroatoms. The van der Waals surface area contributed by atoms with Crippen LogP contribution in [0.4, 0.5) is 5.82 Å². The number of nitrogens with zero attached hydrogens (tertiary/aromatic N) is 2. The van der Waals surface area contributed by atoms with Crippen molar-refractivity contribution >= 4 is 11.7 Å². The van der Waals surface area contributed by atoms with Gasteiger partial charge in [-0.1, -0.05) is 6.07 Å². The number of anilines is 1. The van der Waals surface area contributed by atoms with E-state index in [1.165, 1.54) is 0 Å². The van der Waals surface area contributed by atoms with Gasteiger partial charge in [0.15, 0.2) is 0 Å². The standard InChI is InChI=1S/C15H21N3O3/c1-10(19)12-3-2-6-16-14(12)18-7-8-21-9-13(18)15(20)17-11-4-5-11/h2-3,6,10-11,13,19H,4-5,7-9H2,1H3,(H,17,20)/t10-,13?/m1/s1. The van der Waals surface area contributed by atoms with Crippen LogP contribution in [0.15, 0.2) is 18.3 Å². The molecule has 1 unspecified atom stereocenters. The van der Waals surface area contributed by atoms with E-state index in [1.54, 1.807) is 19.2 Å². The molecule has 114 valence electrons. The fourth-order valence-corrected chi connectivity index (χ4v) is 2.57. The van der Waals surface area contributed by atoms with E-state index in [9.17, 15) is 9.90 Å². The highest BCUT2D eigenvalue weighted by Crippen LogP contribution is 2.27. The van der Waals surface area contributed by atoms with Gasteiger partial charge in [0, 0.05) is 24.3 Å². The number of nitrogens with one attached hydrogen (secondary N) is 1. The van der Waals surface area contributed by atoms with Crippen molar-refractivity contribution in [2.45, 2.75) is 38.0 Å². The van der Waals surface area contributed by atoms with E-state index < -0.39 is 6.10 Å². The van der Waals surface area contributed by atoms with Crippen LogP contribution in [0.25, 0.3) is 0 Å². The molecule has 2 fully saturated rings. The van der Waals surface area contributed by atoms with E-state index in [0.29, 0.717) is 31.6 Å². The van der Waals surface area contributed by atoms with E-state index in [4.69, 9.17) is 4.74 Å². The molecule has 2 aliphatic rings. The zero-order valence-electron chi connectivity index (χ0n) is 12.2. The molecular weight excluding hydrogens is 270 g/mol. The summed E-state index contributed by atoms with van der Waals surface area (Å²) in [4.78, 5) is 18.7. The van der Waals surface area contributed by atoms with Crippen LogP contribution in [0, 0.1) is 0 Å². The van der Waals surface area contributed by atoms with E-state index in [2.05, 4.69) is 10.3 Å². The van der Waals surface area contributed by atoms with Crippen molar-refractivity contribution in [2.75, 3.05) is 24.7 Å². The molecular formula is C15H21N3O3. The van der Waals surface area contributed by atoms with Gasteiger partial charge in [-0.3, -0.25) is 4.79 Å². The smallest absolute Gasteiger partial charge is 0.245 e. The third-order valence-electron chi connectivity index (χ3n) is 3.89. The highest BCUT2D eigenvalue weighted by molar-refractivity contribution is 5.86. The molecule has 2 N–H and O–H groups in total. The molecule has 1 aromatic heterocycles. The monoisotopic (exact) mass is 291 g/mol. The highest BCUT2D eigenvalue weighted by atomic mass is 16.5. The predicted octanol–water partition coefficient (Wildman–Crippen LogP) is 0.619. The van der Waals surface area contributed by atoms with Gasteiger partial charge in [0.1, 0.15) is 11.9 Å². The average Bonchev–Trinajstić information content (AvgIpc) is 3.31. The number of amides is 1. The molecule has 1 saturated heterocycles. The number of hydrogen-bond acceptors (Lipinski definition) is 5. The predicted molar refractivity (Wildman–Crippen MR) is 78.0 cm³/mol. The molecule has 1 aliphatic carbocycles. The largest absolute Gasteiger partial charge is 0.389 e. The van der Waals surface area contributed by atoms with Gasteiger partial charge < -0.3 is 20.1 Å². The molecule has 6 nitrogen and oxygen atoms in total. The molecule has 1 aliphatic heterocycles. The first kappa shape index (κ1) is 14.3. The number of carbonyl (C=O) groups excluding carboxylic acids is 1. The molecule has 0 bridgehead atoms. The molecule has 2 heterocycles. The lowest BCUT2D eigenvalue weighted by Gasteiger charge is -2.36. The van der Waals surface area contributed by atoms with Crippen LogP contribution < -0.4 is 10.2 Å². The summed E-state index contributed by atoms with van der Waals surface area (Å²) in [6, 6.07) is 3.58. The first-order chi connectivity index (χ1) is 10.2. The summed E-state index contributed by atoms with van der Waals surface area (Å²) in [7, 11) is 0. The Kier molecular flexibility index (Phi) is 4.07. The third kappa shape index (κ3) is 3.16. The van der Waals surface area contributed by atoms with Gasteiger partial charge >= 0.3 is 0 Å². The number of pyridine rings is 1. The Balaban J connectivity index is 1.84. The molecule has 1 aromatic rings. The quantitative estimate of drug-likeness (QED) is 0.850. The zero-order chi connectivity index (χ0) is 14.8. The molecule has 0 spiro atoms. The number of aromatic nitrogens is 1. The maximum atomic E-state index is 12.4. The minimum atomic E-state index is -0.622. The first-order valence-electron chi connectivity index (χ1n) is 7.44. The van der Waals surface area contributed by atoms with Crippen LogP contribution in [0.1, 0.15) is 31.4 Å². The minimum absolute atomic E-state index is 0.0144. The molecule has 0 radical (unpaired) electrons. The van der Waals surface area contributed by atoms with Gasteiger partial charge in [-0.25, -0.2) is 4.98 Å².